The van der Waals surface area contributed by atoms with Crippen molar-refractivity contribution < 1.29 is 9.47 Å². The molecule has 0 unspecified atom stereocenters. The average Bonchev–Trinajstić information content (AvgIpc) is 3.17. The molecule has 0 fully saturated rings. The first kappa shape index (κ1) is 15.9. The molecule has 26 heavy (non-hydrogen) atoms. The fourth-order valence-electron chi connectivity index (χ4n) is 2.73. The Bertz CT molecular complexity index is 1050. The van der Waals surface area contributed by atoms with Crippen molar-refractivity contribution in [3.05, 3.63) is 60.9 Å². The largest absolute Gasteiger partial charge is 0.493 e. The second kappa shape index (κ2) is 6.72. The van der Waals surface area contributed by atoms with Crippen LogP contribution in [0.1, 0.15) is 0 Å². The number of nitrogens with one attached hydrogen (secondary N) is 1. The van der Waals surface area contributed by atoms with Crippen LogP contribution < -0.4 is 14.8 Å². The Kier molecular flexibility index (Phi) is 4.10. The second-order valence-electron chi connectivity index (χ2n) is 5.59. The summed E-state index contributed by atoms with van der Waals surface area (Å²) in [5.74, 6) is 2.64. The van der Waals surface area contributed by atoms with E-state index in [4.69, 9.17) is 9.47 Å². The van der Waals surface area contributed by atoms with Gasteiger partial charge in [-0.1, -0.05) is 30.3 Å². The summed E-state index contributed by atoms with van der Waals surface area (Å²) in [6.45, 7) is 0. The van der Waals surface area contributed by atoms with Crippen LogP contribution in [0.25, 0.3) is 17.0 Å². The maximum Gasteiger partial charge on any atom is 0.257 e. The van der Waals surface area contributed by atoms with Crippen LogP contribution in [0.5, 0.6) is 11.5 Å². The lowest BCUT2D eigenvalue weighted by molar-refractivity contribution is 0.355. The predicted molar refractivity (Wildman–Crippen MR) is 99.0 cm³/mol. The quantitative estimate of drug-likeness (QED) is 0.595. The summed E-state index contributed by atoms with van der Waals surface area (Å²) >= 11 is 0. The number of anilines is 2. The molecule has 0 amide bonds. The first-order valence-corrected chi connectivity index (χ1v) is 8.04. The summed E-state index contributed by atoms with van der Waals surface area (Å²) in [6, 6.07) is 17.6. The fraction of sp³-hybridized carbons (Fsp3) is 0.105. The first-order valence-electron chi connectivity index (χ1n) is 8.04. The first-order chi connectivity index (χ1) is 12.8. The SMILES string of the molecule is COc1ccc(Nc2cc(-c3ccccc3)nc3nncn23)cc1OC. The maximum absolute atomic E-state index is 5.37. The van der Waals surface area contributed by atoms with Crippen LogP contribution in [0.15, 0.2) is 60.9 Å². The predicted octanol–water partition coefficient (Wildman–Crippen LogP) is 3.55. The van der Waals surface area contributed by atoms with Crippen LogP contribution in [0.4, 0.5) is 11.5 Å². The molecule has 0 atom stereocenters. The molecule has 1 N–H and O–H groups in total. The van der Waals surface area contributed by atoms with Gasteiger partial charge < -0.3 is 14.8 Å². The van der Waals surface area contributed by atoms with E-state index in [1.54, 1.807) is 24.9 Å². The third-order valence-electron chi connectivity index (χ3n) is 4.01. The van der Waals surface area contributed by atoms with Gasteiger partial charge in [0.05, 0.1) is 19.9 Å². The van der Waals surface area contributed by atoms with Crippen molar-refractivity contribution in [2.45, 2.75) is 0 Å². The summed E-state index contributed by atoms with van der Waals surface area (Å²) in [5, 5.41) is 11.4. The average molecular weight is 347 g/mol. The van der Waals surface area contributed by atoms with Gasteiger partial charge in [0.15, 0.2) is 11.5 Å². The van der Waals surface area contributed by atoms with Gasteiger partial charge >= 0.3 is 0 Å². The van der Waals surface area contributed by atoms with Crippen molar-refractivity contribution in [3.63, 3.8) is 0 Å². The van der Waals surface area contributed by atoms with Gasteiger partial charge in [0.25, 0.3) is 5.78 Å². The molecule has 2 aromatic heterocycles. The van der Waals surface area contributed by atoms with Crippen LogP contribution in [0.3, 0.4) is 0 Å². The van der Waals surface area contributed by atoms with Crippen LogP contribution in [0.2, 0.25) is 0 Å². The highest BCUT2D eigenvalue weighted by atomic mass is 16.5. The molecule has 4 rings (SSSR count). The van der Waals surface area contributed by atoms with Gasteiger partial charge in [-0.25, -0.2) is 4.98 Å². The lowest BCUT2D eigenvalue weighted by atomic mass is 10.1. The molecule has 0 bridgehead atoms. The minimum atomic E-state index is 0.523. The molecule has 7 heteroatoms. The van der Waals surface area contributed by atoms with Gasteiger partial charge in [0.1, 0.15) is 12.1 Å². The molecule has 0 aliphatic heterocycles. The van der Waals surface area contributed by atoms with E-state index in [0.717, 1.165) is 22.8 Å². The monoisotopic (exact) mass is 347 g/mol. The number of nitrogens with zero attached hydrogens (tertiary/aromatic N) is 4. The molecule has 0 saturated heterocycles. The molecule has 0 saturated carbocycles. The lowest BCUT2D eigenvalue weighted by Crippen LogP contribution is -2.01. The van der Waals surface area contributed by atoms with Crippen LogP contribution in [-0.4, -0.2) is 33.8 Å². The molecule has 0 aliphatic carbocycles. The molecule has 0 spiro atoms. The zero-order chi connectivity index (χ0) is 17.9. The summed E-state index contributed by atoms with van der Waals surface area (Å²) in [4.78, 5) is 4.57. The minimum Gasteiger partial charge on any atom is -0.493 e. The number of methoxy groups -OCH3 is 2. The summed E-state index contributed by atoms with van der Waals surface area (Å²) in [5.41, 5.74) is 2.67. The molecular weight excluding hydrogens is 330 g/mol. The Balaban J connectivity index is 1.77. The van der Waals surface area contributed by atoms with E-state index in [2.05, 4.69) is 20.5 Å². The Morgan fingerprint density at radius 1 is 0.923 bits per heavy atom. The number of hydrogen-bond acceptors (Lipinski definition) is 6. The Hall–Kier alpha value is -3.61. The van der Waals surface area contributed by atoms with E-state index in [1.165, 1.54) is 0 Å². The number of rotatable bonds is 5. The molecule has 4 aromatic rings. The van der Waals surface area contributed by atoms with Crippen LogP contribution in [-0.2, 0) is 0 Å². The Labute approximate surface area is 150 Å². The number of hydrogen-bond donors (Lipinski definition) is 1. The van der Waals surface area contributed by atoms with Crippen molar-refractivity contribution in [3.8, 4) is 22.8 Å². The third-order valence-corrected chi connectivity index (χ3v) is 4.01. The standard InChI is InChI=1S/C19H17N5O2/c1-25-16-9-8-14(10-17(16)26-2)21-18-11-15(13-6-4-3-5-7-13)22-19-23-20-12-24(18)19/h3-12,21H,1-2H3. The van der Waals surface area contributed by atoms with Gasteiger partial charge in [0.2, 0.25) is 0 Å². The molecular formula is C19H17N5O2. The van der Waals surface area contributed by atoms with Gasteiger partial charge in [-0.05, 0) is 12.1 Å². The zero-order valence-corrected chi connectivity index (χ0v) is 14.4. The van der Waals surface area contributed by atoms with E-state index in [1.807, 2.05) is 54.6 Å². The summed E-state index contributed by atoms with van der Waals surface area (Å²) in [6.07, 6.45) is 1.63. The van der Waals surface area contributed by atoms with Gasteiger partial charge in [0, 0.05) is 23.4 Å². The summed E-state index contributed by atoms with van der Waals surface area (Å²) in [7, 11) is 3.22. The van der Waals surface area contributed by atoms with E-state index in [9.17, 15) is 0 Å². The van der Waals surface area contributed by atoms with Crippen molar-refractivity contribution in [2.24, 2.45) is 0 Å². The van der Waals surface area contributed by atoms with Crippen molar-refractivity contribution in [1.29, 1.82) is 0 Å². The second-order valence-corrected chi connectivity index (χ2v) is 5.59. The van der Waals surface area contributed by atoms with E-state index in [-0.39, 0.29) is 0 Å². The number of benzene rings is 2. The third kappa shape index (κ3) is 2.90. The maximum atomic E-state index is 5.37. The van der Waals surface area contributed by atoms with Crippen molar-refractivity contribution in [1.82, 2.24) is 19.6 Å². The van der Waals surface area contributed by atoms with Crippen LogP contribution >= 0.6 is 0 Å². The molecule has 130 valence electrons. The number of aromatic nitrogens is 4. The van der Waals surface area contributed by atoms with Gasteiger partial charge in [-0.3, -0.25) is 4.40 Å². The fourth-order valence-corrected chi connectivity index (χ4v) is 2.73. The number of fused-ring (bicyclic) bond motifs is 1. The van der Waals surface area contributed by atoms with Crippen molar-refractivity contribution in [2.75, 3.05) is 19.5 Å². The van der Waals surface area contributed by atoms with Crippen molar-refractivity contribution >= 4 is 17.3 Å². The molecule has 0 aliphatic rings. The highest BCUT2D eigenvalue weighted by Crippen LogP contribution is 2.31. The molecule has 2 heterocycles. The van der Waals surface area contributed by atoms with Crippen LogP contribution in [0, 0.1) is 0 Å². The minimum absolute atomic E-state index is 0.523. The zero-order valence-electron chi connectivity index (χ0n) is 14.4. The lowest BCUT2D eigenvalue weighted by Gasteiger charge is -2.13. The van der Waals surface area contributed by atoms with E-state index < -0.39 is 0 Å². The molecule has 7 nitrogen and oxygen atoms in total. The Morgan fingerprint density at radius 2 is 1.73 bits per heavy atom. The smallest absolute Gasteiger partial charge is 0.257 e. The van der Waals surface area contributed by atoms with Gasteiger partial charge in [-0.2, -0.15) is 0 Å². The van der Waals surface area contributed by atoms with E-state index >= 15 is 0 Å². The van der Waals surface area contributed by atoms with Gasteiger partial charge in [-0.15, -0.1) is 10.2 Å². The molecule has 2 aromatic carbocycles. The highest BCUT2D eigenvalue weighted by Gasteiger charge is 2.10. The Morgan fingerprint density at radius 3 is 2.50 bits per heavy atom. The summed E-state index contributed by atoms with van der Waals surface area (Å²) < 4.78 is 12.5. The highest BCUT2D eigenvalue weighted by molar-refractivity contribution is 5.69. The van der Waals surface area contributed by atoms with E-state index in [0.29, 0.717) is 17.3 Å². The number of ether oxygens (including phenoxy) is 2. The normalized spacial score (nSPS) is 10.7. The topological polar surface area (TPSA) is 73.6 Å². The molecule has 0 radical (unpaired) electrons.